The number of rotatable bonds is 11. The third kappa shape index (κ3) is 6.41. The summed E-state index contributed by atoms with van der Waals surface area (Å²) in [5.41, 5.74) is 0.401. The molecule has 60 heavy (non-hydrogen) atoms. The third-order valence-corrected chi connectivity index (χ3v) is 17.8. The van der Waals surface area contributed by atoms with Gasteiger partial charge in [0.15, 0.2) is 0 Å². The fourth-order valence-corrected chi connectivity index (χ4v) is 16.8. The smallest absolute Gasteiger partial charge is 0.280 e. The molecule has 10 atom stereocenters. The van der Waals surface area contributed by atoms with Crippen molar-refractivity contribution in [1.82, 2.24) is 21.3 Å². The predicted molar refractivity (Wildman–Crippen MR) is 221 cm³/mol. The summed E-state index contributed by atoms with van der Waals surface area (Å²) in [5, 5.41) is 11.4. The van der Waals surface area contributed by atoms with Crippen LogP contribution in [0.5, 0.6) is 0 Å². The fourth-order valence-electron chi connectivity index (χ4n) is 16.8. The average molecular weight is 835 g/mol. The predicted octanol–water partition coefficient (Wildman–Crippen LogP) is 8.81. The molecule has 8 bridgehead atoms. The lowest BCUT2D eigenvalue weighted by Gasteiger charge is -2.71. The van der Waals surface area contributed by atoms with Gasteiger partial charge in [0, 0.05) is 0 Å². The van der Waals surface area contributed by atoms with Crippen molar-refractivity contribution < 1.29 is 31.5 Å². The van der Waals surface area contributed by atoms with Gasteiger partial charge in [-0.25, -0.2) is 17.6 Å². The van der Waals surface area contributed by atoms with E-state index in [9.17, 15) is 14.0 Å². The highest BCUT2D eigenvalue weighted by atomic mass is 19.3. The van der Waals surface area contributed by atoms with Crippen molar-refractivity contribution in [3.05, 3.63) is 71.3 Å². The molecule has 0 spiro atoms. The van der Waals surface area contributed by atoms with Crippen LogP contribution >= 0.6 is 0 Å². The quantitative estimate of drug-likeness (QED) is 0.171. The summed E-state index contributed by atoms with van der Waals surface area (Å²) in [6, 6.07) is 17.2. The number of piperidine rings is 2. The first-order valence-electron chi connectivity index (χ1n) is 23.1. The van der Waals surface area contributed by atoms with E-state index in [1.165, 1.54) is 11.1 Å². The lowest BCUT2D eigenvalue weighted by molar-refractivity contribution is -0.173. The van der Waals surface area contributed by atoms with Gasteiger partial charge in [-0.15, -0.1) is 0 Å². The number of carbonyl (C=O) groups is 2. The molecule has 0 aromatic heterocycles. The molecule has 4 N–H and O–H groups in total. The molecule has 2 aromatic rings. The molecule has 11 heteroatoms. The summed E-state index contributed by atoms with van der Waals surface area (Å²) in [6.45, 7) is 1.71. The van der Waals surface area contributed by atoms with Crippen LogP contribution in [0.1, 0.15) is 133 Å². The van der Waals surface area contributed by atoms with Gasteiger partial charge in [-0.05, 0) is 166 Å². The Kier molecular flexibility index (Phi) is 9.55. The highest BCUT2D eigenvalue weighted by molar-refractivity contribution is 5.85. The fraction of sp³-hybridized carbons (Fsp3) is 0.714. The minimum absolute atomic E-state index is 0.129. The van der Waals surface area contributed by atoms with Gasteiger partial charge in [0.25, 0.3) is 11.8 Å². The van der Waals surface area contributed by atoms with Crippen LogP contribution in [-0.4, -0.2) is 68.6 Å². The van der Waals surface area contributed by atoms with Crippen LogP contribution in [0.2, 0.25) is 0 Å². The Hall–Kier alpha value is -3.05. The zero-order valence-electron chi connectivity index (χ0n) is 35.2. The summed E-state index contributed by atoms with van der Waals surface area (Å²) in [4.78, 5) is 29.3. The third-order valence-electron chi connectivity index (χ3n) is 17.8. The zero-order valence-corrected chi connectivity index (χ0v) is 35.2. The van der Waals surface area contributed by atoms with Crippen LogP contribution in [-0.2, 0) is 25.8 Å². The molecule has 12 rings (SSSR count). The normalized spacial score (nSPS) is 43.1. The summed E-state index contributed by atoms with van der Waals surface area (Å²) < 4.78 is 75.2. The monoisotopic (exact) mass is 834 g/mol. The molecule has 10 fully saturated rings. The van der Waals surface area contributed by atoms with Crippen LogP contribution in [0.4, 0.5) is 22.0 Å². The number of hydrogen-bond donors (Lipinski definition) is 4. The van der Waals surface area contributed by atoms with Gasteiger partial charge in [-0.1, -0.05) is 67.9 Å². The summed E-state index contributed by atoms with van der Waals surface area (Å²) in [6.07, 6.45) is 11.7. The second-order valence-corrected chi connectivity index (χ2v) is 22.1. The van der Waals surface area contributed by atoms with Crippen molar-refractivity contribution in [3.63, 3.8) is 0 Å². The molecular weight excluding hydrogens is 772 g/mol. The number of carbonyl (C=O) groups excluding carboxylic acids is 2. The van der Waals surface area contributed by atoms with Gasteiger partial charge in [-0.2, -0.15) is 0 Å². The van der Waals surface area contributed by atoms with Crippen molar-refractivity contribution in [2.45, 2.75) is 156 Å². The first kappa shape index (κ1) is 41.0. The largest absolute Gasteiger partial charge is 0.347 e. The van der Waals surface area contributed by atoms with Crippen molar-refractivity contribution in [2.75, 3.05) is 32.9 Å². The molecule has 0 radical (unpaired) electrons. The highest BCUT2D eigenvalue weighted by Crippen LogP contribution is 2.76. The summed E-state index contributed by atoms with van der Waals surface area (Å²) >= 11 is 0. The van der Waals surface area contributed by atoms with Gasteiger partial charge in [0.2, 0.25) is 11.8 Å². The minimum Gasteiger partial charge on any atom is -0.347 e. The Labute approximate surface area is 351 Å². The average Bonchev–Trinajstić information content (AvgIpc) is 3.19. The molecule has 6 nitrogen and oxygen atoms in total. The Balaban J connectivity index is 1.02. The van der Waals surface area contributed by atoms with Crippen molar-refractivity contribution >= 4 is 11.8 Å². The standard InChI is InChI=1S/C49H63F5N4O2/c1-2-14-42-24-45(34-6-4-3-5-7-34)28-46(25-42,30-47(26-42,29-45)40(60)58-38-13-18-56-32-49(38,53)54)36-10-8-35(9-11-36)43-20-33-19-41(22-43,15-16-50)23-44(21-33,27-43)39(59)57-37-12-17-55-31-48(37,51)52/h3-11,33,37-38,55-56H,2,12-32H2,1H3,(H,57,59)(H,58,60)/t33?,37?,38?,41-,42+,43-,44?,45+,46?,47?/m1/s1. The molecule has 2 aliphatic heterocycles. The molecule has 8 saturated carbocycles. The molecule has 6 unspecified atom stereocenters. The van der Waals surface area contributed by atoms with E-state index in [4.69, 9.17) is 0 Å². The van der Waals surface area contributed by atoms with E-state index in [0.29, 0.717) is 58.0 Å². The maximum Gasteiger partial charge on any atom is 0.280 e. The number of alkyl halides is 5. The number of hydrogen-bond acceptors (Lipinski definition) is 4. The molecule has 2 saturated heterocycles. The lowest BCUT2D eigenvalue weighted by atomic mass is 9.33. The van der Waals surface area contributed by atoms with E-state index in [1.807, 2.05) is 6.07 Å². The van der Waals surface area contributed by atoms with E-state index in [2.05, 4.69) is 76.7 Å². The van der Waals surface area contributed by atoms with Crippen molar-refractivity contribution in [2.24, 2.45) is 27.6 Å². The number of amides is 2. The maximum atomic E-state index is 15.3. The Morgan fingerprint density at radius 1 is 0.600 bits per heavy atom. The molecule has 8 aliphatic carbocycles. The lowest BCUT2D eigenvalue weighted by Crippen LogP contribution is -2.69. The zero-order chi connectivity index (χ0) is 41.9. The van der Waals surface area contributed by atoms with Gasteiger partial charge in [0.1, 0.15) is 0 Å². The van der Waals surface area contributed by atoms with Gasteiger partial charge >= 0.3 is 0 Å². The Morgan fingerprint density at radius 3 is 1.68 bits per heavy atom. The second kappa shape index (κ2) is 14.0. The maximum absolute atomic E-state index is 15.3. The molecular formula is C49H63F5N4O2. The van der Waals surface area contributed by atoms with Gasteiger partial charge in [-0.3, -0.25) is 14.0 Å². The van der Waals surface area contributed by atoms with Crippen LogP contribution < -0.4 is 21.3 Å². The van der Waals surface area contributed by atoms with Crippen molar-refractivity contribution in [3.8, 4) is 0 Å². The molecule has 326 valence electrons. The van der Waals surface area contributed by atoms with Crippen molar-refractivity contribution in [1.29, 1.82) is 0 Å². The van der Waals surface area contributed by atoms with Crippen LogP contribution in [0, 0.1) is 27.6 Å². The van der Waals surface area contributed by atoms with Crippen LogP contribution in [0.15, 0.2) is 54.6 Å². The summed E-state index contributed by atoms with van der Waals surface area (Å²) in [5.74, 6) is -6.36. The van der Waals surface area contributed by atoms with Gasteiger partial charge < -0.3 is 21.3 Å². The Bertz CT molecular complexity index is 2000. The van der Waals surface area contributed by atoms with E-state index in [0.717, 1.165) is 56.9 Å². The first-order chi connectivity index (χ1) is 28.6. The molecule has 2 amide bonds. The van der Waals surface area contributed by atoms with Crippen LogP contribution in [0.3, 0.4) is 0 Å². The second-order valence-electron chi connectivity index (χ2n) is 22.1. The SMILES string of the molecule is CCC[C@@]12CC3(C(=O)NC4CCNCC4(F)F)CC(c4ccc([C@]56CC7CC(C(=O)NC8CCNCC8(F)F)(C[C@](CCF)(C7)C5)C6)cc4)(C1)C[C@](c1ccccc1)(C3)C2. The topological polar surface area (TPSA) is 82.3 Å². The number of benzene rings is 2. The highest BCUT2D eigenvalue weighted by Gasteiger charge is 2.71. The molecule has 10 aliphatic rings. The van der Waals surface area contributed by atoms with E-state index in [1.54, 1.807) is 0 Å². The number of nitrogens with one attached hydrogen (secondary N) is 4. The Morgan fingerprint density at radius 2 is 1.12 bits per heavy atom. The first-order valence-corrected chi connectivity index (χ1v) is 23.1. The van der Waals surface area contributed by atoms with E-state index >= 15 is 17.6 Å². The minimum atomic E-state index is -3.04. The van der Waals surface area contributed by atoms with E-state index < -0.39 is 54.5 Å². The summed E-state index contributed by atoms with van der Waals surface area (Å²) in [7, 11) is 0. The number of halogens is 5. The van der Waals surface area contributed by atoms with E-state index in [-0.39, 0.29) is 57.6 Å². The van der Waals surface area contributed by atoms with Gasteiger partial charge in [0.05, 0.1) is 42.7 Å². The molecule has 2 heterocycles. The van der Waals surface area contributed by atoms with Crippen LogP contribution in [0.25, 0.3) is 0 Å². The molecule has 2 aromatic carbocycles.